The number of carbonyl (C=O) groups excluding carboxylic acids is 1. The largest absolute Gasteiger partial charge is 0.464 e. The predicted molar refractivity (Wildman–Crippen MR) is 66.8 cm³/mol. The summed E-state index contributed by atoms with van der Waals surface area (Å²) in [6.07, 6.45) is 3.00. The van der Waals surface area contributed by atoms with Crippen LogP contribution >= 0.6 is 0 Å². The first-order valence-electron chi connectivity index (χ1n) is 5.84. The quantitative estimate of drug-likeness (QED) is 0.623. The van der Waals surface area contributed by atoms with Gasteiger partial charge in [0.2, 0.25) is 11.4 Å². The van der Waals surface area contributed by atoms with Gasteiger partial charge in [0.25, 0.3) is 0 Å². The molecule has 0 fully saturated rings. The Morgan fingerprint density at radius 3 is 2.70 bits per heavy atom. The van der Waals surface area contributed by atoms with Crippen LogP contribution in [0, 0.1) is 18.6 Å². The zero-order valence-corrected chi connectivity index (χ0v) is 11.3. The number of hydrogen-bond acceptors (Lipinski definition) is 3. The molecule has 0 amide bonds. The number of hydrogen-bond donors (Lipinski definition) is 0. The van der Waals surface area contributed by atoms with Crippen molar-refractivity contribution in [1.29, 1.82) is 0 Å². The van der Waals surface area contributed by atoms with Crippen molar-refractivity contribution in [2.45, 2.75) is 6.92 Å². The molecule has 0 radical (unpaired) electrons. The number of benzene rings is 1. The maximum absolute atomic E-state index is 13.7. The van der Waals surface area contributed by atoms with Crippen LogP contribution in [0.2, 0.25) is 0 Å². The van der Waals surface area contributed by atoms with Crippen LogP contribution in [0.5, 0.6) is 0 Å². The number of carbonyl (C=O) groups is 1. The van der Waals surface area contributed by atoms with Gasteiger partial charge in [0.15, 0.2) is 6.20 Å². The van der Waals surface area contributed by atoms with Crippen molar-refractivity contribution >= 4 is 5.97 Å². The molecular weight excluding hydrogens is 266 g/mol. The molecule has 2 rings (SSSR count). The van der Waals surface area contributed by atoms with E-state index in [9.17, 15) is 13.6 Å². The summed E-state index contributed by atoms with van der Waals surface area (Å²) in [7, 11) is 2.88. The van der Waals surface area contributed by atoms with Crippen LogP contribution in [0.4, 0.5) is 8.78 Å². The summed E-state index contributed by atoms with van der Waals surface area (Å²) in [6.45, 7) is 1.51. The van der Waals surface area contributed by atoms with Crippen LogP contribution in [0.25, 0.3) is 11.3 Å². The minimum absolute atomic E-state index is 0.00519. The monoisotopic (exact) mass is 279 g/mol. The molecule has 1 heterocycles. The fourth-order valence-corrected chi connectivity index (χ4v) is 1.97. The fourth-order valence-electron chi connectivity index (χ4n) is 1.97. The van der Waals surface area contributed by atoms with E-state index < -0.39 is 17.6 Å². The van der Waals surface area contributed by atoms with Gasteiger partial charge in [-0.15, -0.1) is 0 Å². The molecule has 0 spiro atoms. The third-order valence-electron chi connectivity index (χ3n) is 3.01. The van der Waals surface area contributed by atoms with Crippen LogP contribution in [0.1, 0.15) is 16.1 Å². The summed E-state index contributed by atoms with van der Waals surface area (Å²) >= 11 is 0. The highest BCUT2D eigenvalue weighted by Crippen LogP contribution is 2.26. The van der Waals surface area contributed by atoms with E-state index in [0.29, 0.717) is 5.69 Å². The van der Waals surface area contributed by atoms with E-state index >= 15 is 0 Å². The molecule has 6 heteroatoms. The second-order valence-corrected chi connectivity index (χ2v) is 4.29. The molecule has 0 saturated carbocycles. The third kappa shape index (κ3) is 2.36. The molecule has 0 bridgehead atoms. The first-order chi connectivity index (χ1) is 9.45. The molecule has 20 heavy (non-hydrogen) atoms. The molecule has 2 aromatic rings. The van der Waals surface area contributed by atoms with E-state index in [1.807, 2.05) is 0 Å². The average Bonchev–Trinajstić information content (AvgIpc) is 2.42. The number of methoxy groups -OCH3 is 1. The number of rotatable bonds is 2. The standard InChI is InChI=1S/C14H13F2N2O2/c1-8-10(6-9(15)7-11(8)16)13-12(14(19)20-3)17-4-5-18(13)2/h4-7H,1-3H3/q+1. The predicted octanol–water partition coefficient (Wildman–Crippen LogP) is 1.95. The second-order valence-electron chi connectivity index (χ2n) is 4.29. The van der Waals surface area contributed by atoms with Crippen LogP contribution in [0.15, 0.2) is 24.5 Å². The van der Waals surface area contributed by atoms with Crippen molar-refractivity contribution in [2.75, 3.05) is 7.11 Å². The number of esters is 1. The Labute approximate surface area is 114 Å². The van der Waals surface area contributed by atoms with E-state index in [2.05, 4.69) is 9.72 Å². The average molecular weight is 279 g/mol. The summed E-state index contributed by atoms with van der Waals surface area (Å²) < 4.78 is 33.4. The molecular formula is C14H13F2N2O2+. The van der Waals surface area contributed by atoms with Gasteiger partial charge in [-0.05, 0) is 18.6 Å². The smallest absolute Gasteiger partial charge is 0.363 e. The first-order valence-corrected chi connectivity index (χ1v) is 5.84. The van der Waals surface area contributed by atoms with E-state index in [1.165, 1.54) is 26.3 Å². The van der Waals surface area contributed by atoms with Crippen molar-refractivity contribution in [3.63, 3.8) is 0 Å². The highest BCUT2D eigenvalue weighted by molar-refractivity contribution is 5.93. The summed E-state index contributed by atoms with van der Waals surface area (Å²) in [5.74, 6) is -2.07. The van der Waals surface area contributed by atoms with Gasteiger partial charge in [0, 0.05) is 6.07 Å². The lowest BCUT2D eigenvalue weighted by Crippen LogP contribution is -2.34. The van der Waals surface area contributed by atoms with Gasteiger partial charge in [-0.2, -0.15) is 4.57 Å². The lowest BCUT2D eigenvalue weighted by atomic mass is 10.0. The van der Waals surface area contributed by atoms with Crippen LogP contribution in [-0.2, 0) is 11.8 Å². The number of aromatic nitrogens is 2. The third-order valence-corrected chi connectivity index (χ3v) is 3.01. The molecule has 0 N–H and O–H groups in total. The van der Waals surface area contributed by atoms with Crippen LogP contribution < -0.4 is 4.57 Å². The van der Waals surface area contributed by atoms with E-state index in [4.69, 9.17) is 0 Å². The maximum atomic E-state index is 13.7. The van der Waals surface area contributed by atoms with Gasteiger partial charge in [0.1, 0.15) is 18.7 Å². The first kappa shape index (κ1) is 14.0. The lowest BCUT2D eigenvalue weighted by Gasteiger charge is -2.08. The molecule has 0 saturated heterocycles. The van der Waals surface area contributed by atoms with Gasteiger partial charge >= 0.3 is 5.97 Å². The zero-order chi connectivity index (χ0) is 14.9. The summed E-state index contributed by atoms with van der Waals surface area (Å²) in [5.41, 5.74) is 0.805. The highest BCUT2D eigenvalue weighted by Gasteiger charge is 2.26. The molecule has 0 aliphatic carbocycles. The Hall–Kier alpha value is -2.37. The normalized spacial score (nSPS) is 10.4. The molecule has 4 nitrogen and oxygen atoms in total. The number of halogens is 2. The Bertz CT molecular complexity index is 687. The molecule has 104 valence electrons. The van der Waals surface area contributed by atoms with Crippen LogP contribution in [-0.4, -0.2) is 18.1 Å². The molecule has 0 aliphatic heterocycles. The molecule has 0 atom stereocenters. The Balaban J connectivity index is 2.79. The van der Waals surface area contributed by atoms with Crippen LogP contribution in [0.3, 0.4) is 0 Å². The number of aryl methyl sites for hydroxylation is 1. The SMILES string of the molecule is COC(=O)c1ncc[n+](C)c1-c1cc(F)cc(F)c1C. The Kier molecular flexibility index (Phi) is 3.74. The van der Waals surface area contributed by atoms with Crippen molar-refractivity contribution in [1.82, 2.24) is 4.98 Å². The van der Waals surface area contributed by atoms with E-state index in [-0.39, 0.29) is 16.8 Å². The molecule has 1 aromatic heterocycles. The number of ether oxygens (including phenoxy) is 1. The second kappa shape index (κ2) is 5.32. The van der Waals surface area contributed by atoms with E-state index in [0.717, 1.165) is 6.07 Å². The maximum Gasteiger partial charge on any atom is 0.363 e. The minimum atomic E-state index is -0.720. The van der Waals surface area contributed by atoms with Gasteiger partial charge in [0.05, 0.1) is 18.9 Å². The minimum Gasteiger partial charge on any atom is -0.464 e. The zero-order valence-electron chi connectivity index (χ0n) is 11.3. The van der Waals surface area contributed by atoms with Crippen molar-refractivity contribution in [3.8, 4) is 11.3 Å². The lowest BCUT2D eigenvalue weighted by molar-refractivity contribution is -0.661. The van der Waals surface area contributed by atoms with Crippen molar-refractivity contribution in [3.05, 3.63) is 47.4 Å². The van der Waals surface area contributed by atoms with Gasteiger partial charge < -0.3 is 4.74 Å². The van der Waals surface area contributed by atoms with Crippen molar-refractivity contribution in [2.24, 2.45) is 7.05 Å². The molecule has 0 unspecified atom stereocenters. The Morgan fingerprint density at radius 2 is 2.05 bits per heavy atom. The van der Waals surface area contributed by atoms with E-state index in [1.54, 1.807) is 17.8 Å². The topological polar surface area (TPSA) is 43.1 Å². The summed E-state index contributed by atoms with van der Waals surface area (Å²) in [4.78, 5) is 15.7. The van der Waals surface area contributed by atoms with Gasteiger partial charge in [-0.1, -0.05) is 0 Å². The molecule has 0 aliphatic rings. The Morgan fingerprint density at radius 1 is 1.35 bits per heavy atom. The fraction of sp³-hybridized carbons (Fsp3) is 0.214. The van der Waals surface area contributed by atoms with Gasteiger partial charge in [-0.3, -0.25) is 0 Å². The number of nitrogens with zero attached hydrogens (tertiary/aromatic N) is 2. The van der Waals surface area contributed by atoms with Crippen molar-refractivity contribution < 1.29 is 22.9 Å². The summed E-state index contributed by atoms with van der Waals surface area (Å²) in [5, 5.41) is 0. The van der Waals surface area contributed by atoms with Gasteiger partial charge in [-0.25, -0.2) is 18.6 Å². The highest BCUT2D eigenvalue weighted by atomic mass is 19.1. The summed E-state index contributed by atoms with van der Waals surface area (Å²) in [6, 6.07) is 1.97. The molecule has 1 aromatic carbocycles.